The third-order valence-electron chi connectivity index (χ3n) is 2.70. The van der Waals surface area contributed by atoms with E-state index < -0.39 is 0 Å². The molecular weight excluding hydrogens is 233 g/mol. The van der Waals surface area contributed by atoms with Gasteiger partial charge in [-0.05, 0) is 24.3 Å². The Bertz CT molecular complexity index is 560. The van der Waals surface area contributed by atoms with Gasteiger partial charge in [0.2, 0.25) is 11.9 Å². The summed E-state index contributed by atoms with van der Waals surface area (Å²) in [5.74, 6) is 0.121. The van der Waals surface area contributed by atoms with Gasteiger partial charge in [-0.2, -0.15) is 0 Å². The number of halogens is 1. The number of imidazole rings is 1. The maximum absolute atomic E-state index is 12.8. The van der Waals surface area contributed by atoms with Gasteiger partial charge in [0.15, 0.2) is 0 Å². The number of hydrogen-bond acceptors (Lipinski definition) is 2. The van der Waals surface area contributed by atoms with Crippen LogP contribution in [0, 0.1) is 5.82 Å². The number of aromatic nitrogens is 2. The van der Waals surface area contributed by atoms with Gasteiger partial charge in [-0.1, -0.05) is 6.92 Å². The molecule has 0 fully saturated rings. The van der Waals surface area contributed by atoms with Crippen molar-refractivity contribution in [1.29, 1.82) is 0 Å². The Hall–Kier alpha value is -2.17. The molecule has 1 N–H and O–H groups in total. The number of nitrogens with zero attached hydrogens (tertiary/aromatic N) is 2. The minimum absolute atomic E-state index is 0.0886. The van der Waals surface area contributed by atoms with E-state index in [2.05, 4.69) is 10.3 Å². The van der Waals surface area contributed by atoms with Crippen LogP contribution >= 0.6 is 0 Å². The lowest BCUT2D eigenvalue weighted by Crippen LogP contribution is -2.13. The zero-order chi connectivity index (χ0) is 13.1. The standard InChI is InChI=1S/C13H14FN3O/c1-3-12(18)16-13-15-8-11(17(13)2)9-4-6-10(14)7-5-9/h4-8H,3H2,1-2H3,(H,15,16,18). The van der Waals surface area contributed by atoms with Crippen LogP contribution in [0.4, 0.5) is 10.3 Å². The molecule has 1 aromatic heterocycles. The fourth-order valence-electron chi connectivity index (χ4n) is 1.63. The molecule has 0 aliphatic rings. The van der Waals surface area contributed by atoms with Crippen molar-refractivity contribution in [3.63, 3.8) is 0 Å². The summed E-state index contributed by atoms with van der Waals surface area (Å²) >= 11 is 0. The molecule has 2 rings (SSSR count). The van der Waals surface area contributed by atoms with Crippen LogP contribution in [0.5, 0.6) is 0 Å². The fourth-order valence-corrected chi connectivity index (χ4v) is 1.63. The zero-order valence-electron chi connectivity index (χ0n) is 10.3. The lowest BCUT2D eigenvalue weighted by molar-refractivity contribution is -0.115. The second-order valence-electron chi connectivity index (χ2n) is 3.93. The lowest BCUT2D eigenvalue weighted by atomic mass is 10.2. The van der Waals surface area contributed by atoms with Crippen LogP contribution in [0.25, 0.3) is 11.3 Å². The average molecular weight is 247 g/mol. The number of carbonyl (C=O) groups is 1. The molecule has 18 heavy (non-hydrogen) atoms. The van der Waals surface area contributed by atoms with Crippen molar-refractivity contribution in [3.8, 4) is 11.3 Å². The molecule has 0 bridgehead atoms. The van der Waals surface area contributed by atoms with Gasteiger partial charge in [0.05, 0.1) is 11.9 Å². The highest BCUT2D eigenvalue weighted by Crippen LogP contribution is 2.22. The smallest absolute Gasteiger partial charge is 0.226 e. The van der Waals surface area contributed by atoms with Crippen molar-refractivity contribution in [1.82, 2.24) is 9.55 Å². The van der Waals surface area contributed by atoms with Crippen LogP contribution in [0.15, 0.2) is 30.5 Å². The number of hydrogen-bond donors (Lipinski definition) is 1. The van der Waals surface area contributed by atoms with E-state index in [4.69, 9.17) is 0 Å². The van der Waals surface area contributed by atoms with Crippen LogP contribution < -0.4 is 5.32 Å². The Kier molecular flexibility index (Phi) is 3.41. The van der Waals surface area contributed by atoms with Crippen LogP contribution in [-0.4, -0.2) is 15.5 Å². The molecule has 5 heteroatoms. The first-order chi connectivity index (χ1) is 8.61. The zero-order valence-corrected chi connectivity index (χ0v) is 10.3. The van der Waals surface area contributed by atoms with E-state index in [1.54, 1.807) is 36.9 Å². The summed E-state index contributed by atoms with van der Waals surface area (Å²) in [5.41, 5.74) is 1.67. The normalized spacial score (nSPS) is 10.4. The molecule has 1 heterocycles. The molecule has 1 aromatic carbocycles. The summed E-state index contributed by atoms with van der Waals surface area (Å²) in [6.07, 6.45) is 2.05. The largest absolute Gasteiger partial charge is 0.313 e. The number of carbonyl (C=O) groups excluding carboxylic acids is 1. The maximum atomic E-state index is 12.8. The maximum Gasteiger partial charge on any atom is 0.226 e. The van der Waals surface area contributed by atoms with Crippen LogP contribution in [-0.2, 0) is 11.8 Å². The monoisotopic (exact) mass is 247 g/mol. The van der Waals surface area contributed by atoms with Gasteiger partial charge in [-0.15, -0.1) is 0 Å². The number of amides is 1. The molecular formula is C13H14FN3O. The molecule has 0 spiro atoms. The van der Waals surface area contributed by atoms with Crippen molar-refractivity contribution >= 4 is 11.9 Å². The molecule has 1 amide bonds. The van der Waals surface area contributed by atoms with Crippen molar-refractivity contribution in [3.05, 3.63) is 36.3 Å². The molecule has 94 valence electrons. The van der Waals surface area contributed by atoms with E-state index in [-0.39, 0.29) is 11.7 Å². The molecule has 0 saturated carbocycles. The Labute approximate surface area is 104 Å². The van der Waals surface area contributed by atoms with Gasteiger partial charge in [0.1, 0.15) is 5.82 Å². The van der Waals surface area contributed by atoms with E-state index in [1.165, 1.54) is 12.1 Å². The lowest BCUT2D eigenvalue weighted by Gasteiger charge is -2.06. The Balaban J connectivity index is 2.30. The number of anilines is 1. The van der Waals surface area contributed by atoms with E-state index >= 15 is 0 Å². The summed E-state index contributed by atoms with van der Waals surface area (Å²) in [4.78, 5) is 15.4. The summed E-state index contributed by atoms with van der Waals surface area (Å²) in [7, 11) is 1.80. The first-order valence-electron chi connectivity index (χ1n) is 5.69. The van der Waals surface area contributed by atoms with Crippen molar-refractivity contribution in [2.45, 2.75) is 13.3 Å². The predicted molar refractivity (Wildman–Crippen MR) is 67.5 cm³/mol. The summed E-state index contributed by atoms with van der Waals surface area (Å²) in [6.45, 7) is 1.78. The van der Waals surface area contributed by atoms with Gasteiger partial charge < -0.3 is 4.57 Å². The highest BCUT2D eigenvalue weighted by molar-refractivity contribution is 5.89. The van der Waals surface area contributed by atoms with E-state index in [0.717, 1.165) is 11.3 Å². The molecule has 4 nitrogen and oxygen atoms in total. The second-order valence-corrected chi connectivity index (χ2v) is 3.93. The molecule has 0 aliphatic carbocycles. The first kappa shape index (κ1) is 12.3. The average Bonchev–Trinajstić information content (AvgIpc) is 2.72. The summed E-state index contributed by atoms with van der Waals surface area (Å²) < 4.78 is 14.6. The molecule has 0 unspecified atom stereocenters. The SMILES string of the molecule is CCC(=O)Nc1ncc(-c2ccc(F)cc2)n1C. The predicted octanol–water partition coefficient (Wildman–Crippen LogP) is 2.57. The molecule has 2 aromatic rings. The van der Waals surface area contributed by atoms with E-state index in [9.17, 15) is 9.18 Å². The minimum atomic E-state index is -0.277. The van der Waals surface area contributed by atoms with Gasteiger partial charge in [0, 0.05) is 19.0 Å². The highest BCUT2D eigenvalue weighted by atomic mass is 19.1. The third kappa shape index (κ3) is 2.40. The third-order valence-corrected chi connectivity index (χ3v) is 2.70. The van der Waals surface area contributed by atoms with Gasteiger partial charge >= 0.3 is 0 Å². The molecule has 0 saturated heterocycles. The summed E-state index contributed by atoms with van der Waals surface area (Å²) in [6, 6.07) is 6.15. The van der Waals surface area contributed by atoms with Crippen molar-refractivity contribution in [2.24, 2.45) is 7.05 Å². The second kappa shape index (κ2) is 5.00. The fraction of sp³-hybridized carbons (Fsp3) is 0.231. The molecule has 0 radical (unpaired) electrons. The number of rotatable bonds is 3. The van der Waals surface area contributed by atoms with Crippen molar-refractivity contribution in [2.75, 3.05) is 5.32 Å². The van der Waals surface area contributed by atoms with Gasteiger partial charge in [0.25, 0.3) is 0 Å². The molecule has 0 atom stereocenters. The van der Waals surface area contributed by atoms with Gasteiger partial charge in [-0.3, -0.25) is 10.1 Å². The van der Waals surface area contributed by atoms with Gasteiger partial charge in [-0.25, -0.2) is 9.37 Å². The topological polar surface area (TPSA) is 46.9 Å². The van der Waals surface area contributed by atoms with Crippen molar-refractivity contribution < 1.29 is 9.18 Å². The number of benzene rings is 1. The van der Waals surface area contributed by atoms with Crippen LogP contribution in [0.1, 0.15) is 13.3 Å². The Morgan fingerprint density at radius 2 is 2.06 bits per heavy atom. The minimum Gasteiger partial charge on any atom is -0.313 e. The van der Waals surface area contributed by atoms with E-state index in [1.807, 2.05) is 0 Å². The highest BCUT2D eigenvalue weighted by Gasteiger charge is 2.10. The van der Waals surface area contributed by atoms with E-state index in [0.29, 0.717) is 12.4 Å². The number of nitrogens with one attached hydrogen (secondary N) is 1. The quantitative estimate of drug-likeness (QED) is 0.906. The molecule has 0 aliphatic heterocycles. The summed E-state index contributed by atoms with van der Waals surface area (Å²) in [5, 5.41) is 2.70. The Morgan fingerprint density at radius 3 is 2.67 bits per heavy atom. The van der Waals surface area contributed by atoms with Crippen LogP contribution in [0.3, 0.4) is 0 Å². The Morgan fingerprint density at radius 1 is 1.39 bits per heavy atom. The first-order valence-corrected chi connectivity index (χ1v) is 5.69. The van der Waals surface area contributed by atoms with Crippen LogP contribution in [0.2, 0.25) is 0 Å².